The Balaban J connectivity index is 2.77. The van der Waals surface area contributed by atoms with Crippen LogP contribution in [0.1, 0.15) is 33.6 Å². The Labute approximate surface area is 80.6 Å². The SMILES string of the molecule is CO[C@@H]1C=C(C)CC[C@H]1C(C)(C)O. The summed E-state index contributed by atoms with van der Waals surface area (Å²) in [7, 11) is 1.71. The fourth-order valence-corrected chi connectivity index (χ4v) is 2.01. The molecule has 0 fully saturated rings. The number of aliphatic hydroxyl groups is 1. The maximum atomic E-state index is 9.92. The topological polar surface area (TPSA) is 29.5 Å². The van der Waals surface area contributed by atoms with Crippen LogP contribution in [0.4, 0.5) is 0 Å². The lowest BCUT2D eigenvalue weighted by Gasteiger charge is -2.36. The summed E-state index contributed by atoms with van der Waals surface area (Å²) < 4.78 is 5.36. The Kier molecular flexibility index (Phi) is 3.14. The van der Waals surface area contributed by atoms with Gasteiger partial charge in [0.25, 0.3) is 0 Å². The minimum atomic E-state index is -0.641. The van der Waals surface area contributed by atoms with Crippen molar-refractivity contribution in [2.75, 3.05) is 7.11 Å². The first kappa shape index (κ1) is 10.7. The van der Waals surface area contributed by atoms with Crippen LogP contribution in [-0.4, -0.2) is 23.9 Å². The predicted molar refractivity (Wildman–Crippen MR) is 53.6 cm³/mol. The summed E-state index contributed by atoms with van der Waals surface area (Å²) in [4.78, 5) is 0. The summed E-state index contributed by atoms with van der Waals surface area (Å²) in [6.45, 7) is 5.84. The van der Waals surface area contributed by atoms with Gasteiger partial charge in [-0.15, -0.1) is 0 Å². The molecule has 0 bridgehead atoms. The highest BCUT2D eigenvalue weighted by Crippen LogP contribution is 2.33. The van der Waals surface area contributed by atoms with E-state index in [9.17, 15) is 5.11 Å². The van der Waals surface area contributed by atoms with E-state index >= 15 is 0 Å². The molecule has 2 nitrogen and oxygen atoms in total. The van der Waals surface area contributed by atoms with Crippen LogP contribution in [0.3, 0.4) is 0 Å². The molecular formula is C11H20O2. The van der Waals surface area contributed by atoms with Crippen molar-refractivity contribution >= 4 is 0 Å². The lowest BCUT2D eigenvalue weighted by atomic mass is 9.78. The van der Waals surface area contributed by atoms with Gasteiger partial charge in [-0.1, -0.05) is 11.6 Å². The van der Waals surface area contributed by atoms with Crippen LogP contribution in [0.15, 0.2) is 11.6 Å². The Morgan fingerprint density at radius 2 is 2.15 bits per heavy atom. The molecule has 0 aromatic carbocycles. The first-order valence-electron chi connectivity index (χ1n) is 4.87. The number of methoxy groups -OCH3 is 1. The van der Waals surface area contributed by atoms with E-state index in [0.717, 1.165) is 12.8 Å². The molecule has 0 radical (unpaired) electrons. The lowest BCUT2D eigenvalue weighted by Crippen LogP contribution is -2.41. The summed E-state index contributed by atoms with van der Waals surface area (Å²) in [5, 5.41) is 9.92. The van der Waals surface area contributed by atoms with Crippen LogP contribution in [0.25, 0.3) is 0 Å². The third-order valence-electron chi connectivity index (χ3n) is 2.87. The van der Waals surface area contributed by atoms with Crippen molar-refractivity contribution in [3.63, 3.8) is 0 Å². The highest BCUT2D eigenvalue weighted by Gasteiger charge is 2.34. The maximum Gasteiger partial charge on any atom is 0.0810 e. The highest BCUT2D eigenvalue weighted by atomic mass is 16.5. The maximum absolute atomic E-state index is 9.92. The van der Waals surface area contributed by atoms with Gasteiger partial charge in [0.05, 0.1) is 11.7 Å². The Morgan fingerprint density at radius 1 is 1.54 bits per heavy atom. The van der Waals surface area contributed by atoms with Crippen molar-refractivity contribution in [3.05, 3.63) is 11.6 Å². The van der Waals surface area contributed by atoms with Gasteiger partial charge in [-0.25, -0.2) is 0 Å². The van der Waals surface area contributed by atoms with Gasteiger partial charge in [-0.2, -0.15) is 0 Å². The molecule has 1 N–H and O–H groups in total. The molecule has 2 heteroatoms. The van der Waals surface area contributed by atoms with Gasteiger partial charge in [0, 0.05) is 13.0 Å². The number of ether oxygens (including phenoxy) is 1. The monoisotopic (exact) mass is 184 g/mol. The second-order valence-electron chi connectivity index (χ2n) is 4.51. The van der Waals surface area contributed by atoms with E-state index in [1.807, 2.05) is 13.8 Å². The number of hydrogen-bond acceptors (Lipinski definition) is 2. The van der Waals surface area contributed by atoms with Crippen LogP contribution in [-0.2, 0) is 4.74 Å². The fraction of sp³-hybridized carbons (Fsp3) is 0.818. The average Bonchev–Trinajstić information content (AvgIpc) is 2.01. The molecule has 1 rings (SSSR count). The van der Waals surface area contributed by atoms with Crippen LogP contribution in [0.2, 0.25) is 0 Å². The van der Waals surface area contributed by atoms with E-state index in [-0.39, 0.29) is 12.0 Å². The molecule has 0 saturated carbocycles. The summed E-state index contributed by atoms with van der Waals surface area (Å²) in [6.07, 6.45) is 4.30. The van der Waals surface area contributed by atoms with E-state index in [0.29, 0.717) is 0 Å². The standard InChI is InChI=1S/C11H20O2/c1-8-5-6-9(11(2,3)12)10(7-8)13-4/h7,9-10,12H,5-6H2,1-4H3/t9-,10-/m1/s1. The zero-order valence-electron chi connectivity index (χ0n) is 9.00. The molecule has 0 saturated heterocycles. The first-order chi connectivity index (χ1) is 5.95. The van der Waals surface area contributed by atoms with E-state index in [2.05, 4.69) is 13.0 Å². The summed E-state index contributed by atoms with van der Waals surface area (Å²) in [6, 6.07) is 0. The largest absolute Gasteiger partial charge is 0.390 e. The van der Waals surface area contributed by atoms with E-state index in [1.54, 1.807) is 7.11 Å². The zero-order chi connectivity index (χ0) is 10.1. The minimum absolute atomic E-state index is 0.0775. The summed E-state index contributed by atoms with van der Waals surface area (Å²) in [5.41, 5.74) is 0.727. The quantitative estimate of drug-likeness (QED) is 0.666. The average molecular weight is 184 g/mol. The van der Waals surface area contributed by atoms with Crippen molar-refractivity contribution < 1.29 is 9.84 Å². The molecule has 2 atom stereocenters. The molecule has 1 aliphatic rings. The van der Waals surface area contributed by atoms with Crippen molar-refractivity contribution in [1.29, 1.82) is 0 Å². The Hall–Kier alpha value is -0.340. The predicted octanol–water partition coefficient (Wildman–Crippen LogP) is 2.13. The molecule has 1 aliphatic carbocycles. The van der Waals surface area contributed by atoms with Crippen LogP contribution in [0, 0.1) is 5.92 Å². The third kappa shape index (κ3) is 2.55. The van der Waals surface area contributed by atoms with Crippen molar-refractivity contribution in [3.8, 4) is 0 Å². The van der Waals surface area contributed by atoms with E-state index in [4.69, 9.17) is 4.74 Å². The second-order valence-corrected chi connectivity index (χ2v) is 4.51. The molecule has 0 heterocycles. The van der Waals surface area contributed by atoms with Crippen LogP contribution < -0.4 is 0 Å². The number of rotatable bonds is 2. The van der Waals surface area contributed by atoms with Crippen molar-refractivity contribution in [2.45, 2.75) is 45.3 Å². The minimum Gasteiger partial charge on any atom is -0.390 e. The number of hydrogen-bond donors (Lipinski definition) is 1. The van der Waals surface area contributed by atoms with Crippen LogP contribution >= 0.6 is 0 Å². The zero-order valence-corrected chi connectivity index (χ0v) is 9.00. The lowest BCUT2D eigenvalue weighted by molar-refractivity contribution is -0.0516. The third-order valence-corrected chi connectivity index (χ3v) is 2.87. The summed E-state index contributed by atoms with van der Waals surface area (Å²) >= 11 is 0. The molecule has 0 spiro atoms. The van der Waals surface area contributed by atoms with Gasteiger partial charge >= 0.3 is 0 Å². The van der Waals surface area contributed by atoms with E-state index < -0.39 is 5.60 Å². The molecule has 0 aliphatic heterocycles. The Bertz CT molecular complexity index is 201. The molecular weight excluding hydrogens is 164 g/mol. The van der Waals surface area contributed by atoms with Crippen LogP contribution in [0.5, 0.6) is 0 Å². The normalized spacial score (nSPS) is 30.1. The second kappa shape index (κ2) is 3.81. The van der Waals surface area contributed by atoms with Gasteiger partial charge in [0.1, 0.15) is 0 Å². The highest BCUT2D eigenvalue weighted by molar-refractivity contribution is 5.10. The molecule has 0 unspecified atom stereocenters. The smallest absolute Gasteiger partial charge is 0.0810 e. The first-order valence-corrected chi connectivity index (χ1v) is 4.87. The fourth-order valence-electron chi connectivity index (χ4n) is 2.01. The molecule has 0 aromatic rings. The molecule has 76 valence electrons. The number of allylic oxidation sites excluding steroid dienone is 1. The van der Waals surface area contributed by atoms with Gasteiger partial charge in [-0.05, 0) is 33.6 Å². The summed E-state index contributed by atoms with van der Waals surface area (Å²) in [5.74, 6) is 0.223. The van der Waals surface area contributed by atoms with Crippen molar-refractivity contribution in [1.82, 2.24) is 0 Å². The van der Waals surface area contributed by atoms with Gasteiger partial charge in [-0.3, -0.25) is 0 Å². The van der Waals surface area contributed by atoms with Crippen molar-refractivity contribution in [2.24, 2.45) is 5.92 Å². The van der Waals surface area contributed by atoms with Gasteiger partial charge in [0.2, 0.25) is 0 Å². The molecule has 0 aromatic heterocycles. The molecule has 13 heavy (non-hydrogen) atoms. The van der Waals surface area contributed by atoms with Gasteiger partial charge < -0.3 is 9.84 Å². The Morgan fingerprint density at radius 3 is 2.62 bits per heavy atom. The molecule has 0 amide bonds. The van der Waals surface area contributed by atoms with Gasteiger partial charge in [0.15, 0.2) is 0 Å². The van der Waals surface area contributed by atoms with E-state index in [1.165, 1.54) is 5.57 Å².